The second-order valence-electron chi connectivity index (χ2n) is 1.14. The fourth-order valence-corrected chi connectivity index (χ4v) is 0.758. The summed E-state index contributed by atoms with van der Waals surface area (Å²) in [7, 11) is 0. The van der Waals surface area contributed by atoms with Crippen LogP contribution in [0.3, 0.4) is 0 Å². The molecule has 1 aromatic heterocycles. The quantitative estimate of drug-likeness (QED) is 0.490. The standard InChI is InChI=1S/C3H4IN3/c4-3-1-7(5)2-6-3/h1-2H,5H2. The first-order chi connectivity index (χ1) is 3.29. The van der Waals surface area contributed by atoms with Crippen molar-refractivity contribution in [2.75, 3.05) is 5.84 Å². The van der Waals surface area contributed by atoms with Crippen LogP contribution < -0.4 is 5.84 Å². The Morgan fingerprint density at radius 3 is 2.71 bits per heavy atom. The molecule has 0 bridgehead atoms. The van der Waals surface area contributed by atoms with Crippen molar-refractivity contribution < 1.29 is 0 Å². The molecule has 0 saturated heterocycles. The van der Waals surface area contributed by atoms with Gasteiger partial charge in [0.1, 0.15) is 10.0 Å². The number of hydrogen-bond acceptors (Lipinski definition) is 2. The summed E-state index contributed by atoms with van der Waals surface area (Å²) >= 11 is 2.09. The van der Waals surface area contributed by atoms with Gasteiger partial charge in [0, 0.05) is 0 Å². The summed E-state index contributed by atoms with van der Waals surface area (Å²) in [5.74, 6) is 5.23. The van der Waals surface area contributed by atoms with Gasteiger partial charge >= 0.3 is 0 Å². The molecule has 1 rings (SSSR count). The molecule has 0 aliphatic heterocycles. The van der Waals surface area contributed by atoms with E-state index in [1.54, 1.807) is 12.5 Å². The minimum absolute atomic E-state index is 0.917. The Morgan fingerprint density at radius 1 is 1.86 bits per heavy atom. The Morgan fingerprint density at radius 2 is 2.57 bits per heavy atom. The third-order valence-corrected chi connectivity index (χ3v) is 1.13. The monoisotopic (exact) mass is 209 g/mol. The summed E-state index contributed by atoms with van der Waals surface area (Å²) in [6, 6.07) is 0. The third-order valence-electron chi connectivity index (χ3n) is 0.570. The highest BCUT2D eigenvalue weighted by Crippen LogP contribution is 1.94. The van der Waals surface area contributed by atoms with E-state index in [0.29, 0.717) is 0 Å². The zero-order valence-electron chi connectivity index (χ0n) is 3.50. The largest absolute Gasteiger partial charge is 0.338 e. The Balaban J connectivity index is 3.04. The first kappa shape index (κ1) is 4.89. The second-order valence-corrected chi connectivity index (χ2v) is 2.25. The van der Waals surface area contributed by atoms with Gasteiger partial charge in [-0.15, -0.1) is 0 Å². The van der Waals surface area contributed by atoms with Crippen LogP contribution in [-0.4, -0.2) is 9.66 Å². The van der Waals surface area contributed by atoms with E-state index < -0.39 is 0 Å². The van der Waals surface area contributed by atoms with E-state index in [1.807, 2.05) is 0 Å². The van der Waals surface area contributed by atoms with Crippen molar-refractivity contribution in [3.63, 3.8) is 0 Å². The molecular weight excluding hydrogens is 205 g/mol. The number of aromatic nitrogens is 2. The van der Waals surface area contributed by atoms with Crippen LogP contribution >= 0.6 is 22.6 Å². The molecule has 7 heavy (non-hydrogen) atoms. The molecule has 0 spiro atoms. The molecule has 0 aromatic carbocycles. The lowest BCUT2D eigenvalue weighted by atomic mass is 11.0. The predicted octanol–water partition coefficient (Wildman–Crippen LogP) is 0.201. The van der Waals surface area contributed by atoms with Gasteiger partial charge in [-0.25, -0.2) is 4.98 Å². The summed E-state index contributed by atoms with van der Waals surface area (Å²) in [5.41, 5.74) is 0. The molecule has 0 amide bonds. The normalized spacial score (nSPS) is 9.29. The van der Waals surface area contributed by atoms with E-state index in [4.69, 9.17) is 5.84 Å². The lowest BCUT2D eigenvalue weighted by Gasteiger charge is -1.79. The number of nitrogens with zero attached hydrogens (tertiary/aromatic N) is 2. The maximum absolute atomic E-state index is 5.23. The van der Waals surface area contributed by atoms with Gasteiger partial charge in [-0.05, 0) is 22.6 Å². The van der Waals surface area contributed by atoms with Gasteiger partial charge in [0.05, 0.1) is 6.20 Å². The number of halogens is 1. The summed E-state index contributed by atoms with van der Waals surface area (Å²) in [6.45, 7) is 0. The molecule has 3 nitrogen and oxygen atoms in total. The lowest BCUT2D eigenvalue weighted by molar-refractivity contribution is 1.000. The van der Waals surface area contributed by atoms with Crippen molar-refractivity contribution in [1.29, 1.82) is 0 Å². The lowest BCUT2D eigenvalue weighted by Crippen LogP contribution is -2.02. The Kier molecular flexibility index (Phi) is 1.18. The molecule has 0 aliphatic carbocycles. The molecule has 1 aromatic rings. The highest BCUT2D eigenvalue weighted by Gasteiger charge is 1.84. The van der Waals surface area contributed by atoms with Crippen LogP contribution in [0.5, 0.6) is 0 Å². The van der Waals surface area contributed by atoms with Crippen LogP contribution in [-0.2, 0) is 0 Å². The topological polar surface area (TPSA) is 43.8 Å². The molecular formula is C3H4IN3. The third kappa shape index (κ3) is 1.05. The number of imidazole rings is 1. The van der Waals surface area contributed by atoms with Crippen molar-refractivity contribution in [2.24, 2.45) is 0 Å². The average Bonchev–Trinajstić information content (AvgIpc) is 1.87. The molecule has 0 radical (unpaired) electrons. The van der Waals surface area contributed by atoms with E-state index in [0.717, 1.165) is 3.70 Å². The number of nitrogens with two attached hydrogens (primary N) is 1. The van der Waals surface area contributed by atoms with E-state index in [-0.39, 0.29) is 0 Å². The zero-order chi connectivity index (χ0) is 5.28. The van der Waals surface area contributed by atoms with E-state index >= 15 is 0 Å². The van der Waals surface area contributed by atoms with Gasteiger partial charge in [-0.3, -0.25) is 4.68 Å². The number of nitrogen functional groups attached to an aromatic ring is 1. The molecule has 4 heteroatoms. The molecule has 2 N–H and O–H groups in total. The average molecular weight is 209 g/mol. The van der Waals surface area contributed by atoms with E-state index in [9.17, 15) is 0 Å². The van der Waals surface area contributed by atoms with Crippen LogP contribution in [0.25, 0.3) is 0 Å². The Labute approximate surface area is 54.6 Å². The minimum Gasteiger partial charge on any atom is -0.338 e. The van der Waals surface area contributed by atoms with E-state index in [1.165, 1.54) is 4.68 Å². The van der Waals surface area contributed by atoms with Gasteiger partial charge in [0.25, 0.3) is 0 Å². The Bertz CT molecular complexity index is 142. The Hall–Kier alpha value is -0.260. The predicted molar refractivity (Wildman–Crippen MR) is 35.1 cm³/mol. The van der Waals surface area contributed by atoms with Crippen molar-refractivity contribution in [1.82, 2.24) is 9.66 Å². The molecule has 0 unspecified atom stereocenters. The minimum atomic E-state index is 0.917. The first-order valence-corrected chi connectivity index (χ1v) is 2.81. The maximum atomic E-state index is 5.23. The first-order valence-electron chi connectivity index (χ1n) is 1.73. The van der Waals surface area contributed by atoms with Crippen molar-refractivity contribution in [2.45, 2.75) is 0 Å². The maximum Gasteiger partial charge on any atom is 0.121 e. The van der Waals surface area contributed by atoms with Gasteiger partial charge in [-0.1, -0.05) is 0 Å². The van der Waals surface area contributed by atoms with Crippen LogP contribution in [0.2, 0.25) is 0 Å². The summed E-state index contributed by atoms with van der Waals surface area (Å²) in [4.78, 5) is 3.84. The zero-order valence-corrected chi connectivity index (χ0v) is 5.66. The molecule has 0 fully saturated rings. The molecule has 0 atom stereocenters. The van der Waals surface area contributed by atoms with E-state index in [2.05, 4.69) is 27.6 Å². The van der Waals surface area contributed by atoms with Gasteiger partial charge in [0.2, 0.25) is 0 Å². The smallest absolute Gasteiger partial charge is 0.121 e. The molecule has 0 aliphatic rings. The van der Waals surface area contributed by atoms with Crippen LogP contribution in [0.15, 0.2) is 12.5 Å². The van der Waals surface area contributed by atoms with Crippen LogP contribution in [0, 0.1) is 3.70 Å². The van der Waals surface area contributed by atoms with Gasteiger partial charge in [0.15, 0.2) is 0 Å². The fraction of sp³-hybridized carbons (Fsp3) is 0. The second kappa shape index (κ2) is 1.69. The summed E-state index contributed by atoms with van der Waals surface area (Å²) in [6.07, 6.45) is 3.29. The van der Waals surface area contributed by atoms with Crippen LogP contribution in [0.1, 0.15) is 0 Å². The number of hydrogen-bond donors (Lipinski definition) is 1. The highest BCUT2D eigenvalue weighted by molar-refractivity contribution is 14.1. The van der Waals surface area contributed by atoms with Crippen molar-refractivity contribution >= 4 is 22.6 Å². The van der Waals surface area contributed by atoms with Gasteiger partial charge in [-0.2, -0.15) is 0 Å². The fourth-order valence-electron chi connectivity index (χ4n) is 0.311. The van der Waals surface area contributed by atoms with Gasteiger partial charge < -0.3 is 5.84 Å². The molecule has 0 saturated carbocycles. The summed E-state index contributed by atoms with van der Waals surface area (Å²) in [5, 5.41) is 0. The molecule has 1 heterocycles. The van der Waals surface area contributed by atoms with Crippen LogP contribution in [0.4, 0.5) is 0 Å². The van der Waals surface area contributed by atoms with Crippen molar-refractivity contribution in [3.05, 3.63) is 16.2 Å². The highest BCUT2D eigenvalue weighted by atomic mass is 127. The number of rotatable bonds is 0. The van der Waals surface area contributed by atoms with Crippen molar-refractivity contribution in [3.8, 4) is 0 Å². The molecule has 38 valence electrons. The summed E-state index contributed by atoms with van der Waals surface area (Å²) < 4.78 is 2.34. The SMILES string of the molecule is Nn1cnc(I)c1.